The van der Waals surface area contributed by atoms with Crippen molar-refractivity contribution in [3.05, 3.63) is 48.0 Å². The second-order valence-electron chi connectivity index (χ2n) is 3.03. The summed E-state index contributed by atoms with van der Waals surface area (Å²) >= 11 is 5.01. The molecule has 0 amide bonds. The molecule has 0 saturated carbocycles. The zero-order chi connectivity index (χ0) is 10.7. The third-order valence-corrected chi connectivity index (χ3v) is 2.36. The zero-order valence-corrected chi connectivity index (χ0v) is 8.66. The predicted molar refractivity (Wildman–Crippen MR) is 60.0 cm³/mol. The van der Waals surface area contributed by atoms with Gasteiger partial charge in [0.25, 0.3) is 0 Å². The quantitative estimate of drug-likeness (QED) is 0.680. The number of aromatic nitrogens is 1. The lowest BCUT2D eigenvalue weighted by Crippen LogP contribution is -1.89. The molecule has 0 saturated heterocycles. The minimum atomic E-state index is 0.360. The van der Waals surface area contributed by atoms with E-state index in [1.54, 1.807) is 6.07 Å². The van der Waals surface area contributed by atoms with Crippen LogP contribution in [0.3, 0.4) is 0 Å². The lowest BCUT2D eigenvalue weighted by Gasteiger charge is -2.09. The van der Waals surface area contributed by atoms with Crippen LogP contribution < -0.4 is 0 Å². The van der Waals surface area contributed by atoms with Crippen molar-refractivity contribution in [3.8, 4) is 17.3 Å². The van der Waals surface area contributed by atoms with Gasteiger partial charge in [0.1, 0.15) is 0 Å². The maximum absolute atomic E-state index is 8.72. The van der Waals surface area contributed by atoms with Crippen molar-refractivity contribution in [2.45, 2.75) is 5.03 Å². The first-order chi connectivity index (χ1) is 7.31. The van der Waals surface area contributed by atoms with Gasteiger partial charge in [0.05, 0.1) is 17.3 Å². The molecule has 15 heavy (non-hydrogen) atoms. The number of benzene rings is 1. The molecule has 0 radical (unpaired) electrons. The van der Waals surface area contributed by atoms with Crippen molar-refractivity contribution in [3.63, 3.8) is 0 Å². The summed E-state index contributed by atoms with van der Waals surface area (Å²) in [6.45, 7) is 0. The molecule has 0 aliphatic carbocycles. The van der Waals surface area contributed by atoms with Crippen LogP contribution in [0.2, 0.25) is 0 Å². The first kappa shape index (κ1) is 9.63. The van der Waals surface area contributed by atoms with E-state index >= 15 is 0 Å². The first-order valence-electron chi connectivity index (χ1n) is 4.45. The van der Waals surface area contributed by atoms with E-state index in [1.165, 1.54) is 0 Å². The molecule has 0 unspecified atom stereocenters. The van der Waals surface area contributed by atoms with Crippen molar-refractivity contribution in [2.75, 3.05) is 0 Å². The summed E-state index contributed by atoms with van der Waals surface area (Å²) in [6, 6.07) is 15.3. The fourth-order valence-corrected chi connectivity index (χ4v) is 1.51. The number of rotatable bonds is 1. The van der Waals surface area contributed by atoms with E-state index in [2.05, 4.69) is 4.98 Å². The summed E-state index contributed by atoms with van der Waals surface area (Å²) in [5.41, 5.74) is 2.26. The molecule has 0 aliphatic heterocycles. The van der Waals surface area contributed by atoms with Gasteiger partial charge in [-0.15, -0.1) is 0 Å². The van der Waals surface area contributed by atoms with Crippen molar-refractivity contribution in [1.29, 1.82) is 5.26 Å². The van der Waals surface area contributed by atoms with Crippen LogP contribution in [0, 0.1) is 11.3 Å². The summed E-state index contributed by atoms with van der Waals surface area (Å²) in [5.74, 6) is 0. The average molecular weight is 211 g/mol. The molecule has 0 fully saturated rings. The number of nitrogens with zero attached hydrogens (tertiary/aromatic N) is 2. The molecule has 0 aliphatic rings. The topological polar surface area (TPSA) is 36.7 Å². The standard InChI is InChI=1S/C12H8N2S/c13-8-10-6-7-11(14-12(10)15)9-4-2-1-3-5-9/h1-7H,(H,14,15)/p-1. The number of pyridine rings is 1. The maximum Gasteiger partial charge on any atom is 0.0991 e. The number of hydrogen-bond acceptors (Lipinski definition) is 3. The van der Waals surface area contributed by atoms with E-state index in [0.29, 0.717) is 10.6 Å². The Bertz CT molecular complexity index is 515. The molecular formula is C12H7N2S-. The van der Waals surface area contributed by atoms with Crippen LogP contribution in [0.15, 0.2) is 47.5 Å². The molecule has 0 bridgehead atoms. The summed E-state index contributed by atoms with van der Waals surface area (Å²) in [7, 11) is 0. The van der Waals surface area contributed by atoms with Crippen LogP contribution in [0.5, 0.6) is 0 Å². The van der Waals surface area contributed by atoms with Crippen molar-refractivity contribution < 1.29 is 0 Å². The first-order valence-corrected chi connectivity index (χ1v) is 4.85. The van der Waals surface area contributed by atoms with Crippen LogP contribution >= 0.6 is 0 Å². The maximum atomic E-state index is 8.72. The van der Waals surface area contributed by atoms with E-state index in [4.69, 9.17) is 17.9 Å². The molecule has 1 aromatic carbocycles. The Balaban J connectivity index is 2.49. The van der Waals surface area contributed by atoms with Gasteiger partial charge < -0.3 is 12.6 Å². The van der Waals surface area contributed by atoms with Crippen molar-refractivity contribution >= 4 is 12.6 Å². The minimum Gasteiger partial charge on any atom is -0.759 e. The second kappa shape index (κ2) is 4.07. The Kier molecular flexibility index (Phi) is 2.61. The van der Waals surface area contributed by atoms with Gasteiger partial charge >= 0.3 is 0 Å². The van der Waals surface area contributed by atoms with E-state index in [0.717, 1.165) is 11.3 Å². The van der Waals surface area contributed by atoms with Gasteiger partial charge in [0, 0.05) is 5.56 Å². The van der Waals surface area contributed by atoms with Crippen molar-refractivity contribution in [2.24, 2.45) is 0 Å². The van der Waals surface area contributed by atoms with E-state index in [-0.39, 0.29) is 0 Å². The highest BCUT2D eigenvalue weighted by Crippen LogP contribution is 2.18. The van der Waals surface area contributed by atoms with Crippen LogP contribution in [0.25, 0.3) is 11.3 Å². The van der Waals surface area contributed by atoms with Gasteiger partial charge in [-0.1, -0.05) is 35.4 Å². The van der Waals surface area contributed by atoms with Gasteiger partial charge in [-0.2, -0.15) is 5.26 Å². The largest absolute Gasteiger partial charge is 0.759 e. The Morgan fingerprint density at radius 3 is 2.40 bits per heavy atom. The van der Waals surface area contributed by atoms with Gasteiger partial charge in [-0.25, -0.2) is 0 Å². The SMILES string of the molecule is N#Cc1ccc(-c2ccccc2)nc1[S-]. The predicted octanol–water partition coefficient (Wildman–Crippen LogP) is 2.53. The molecule has 0 N–H and O–H groups in total. The summed E-state index contributed by atoms with van der Waals surface area (Å²) in [4.78, 5) is 4.21. The normalized spacial score (nSPS) is 9.53. The zero-order valence-electron chi connectivity index (χ0n) is 7.84. The Labute approximate surface area is 93.6 Å². The monoisotopic (exact) mass is 211 g/mol. The van der Waals surface area contributed by atoms with Gasteiger partial charge in [0.15, 0.2) is 0 Å². The molecule has 1 heterocycles. The minimum absolute atomic E-state index is 0.360. The summed E-state index contributed by atoms with van der Waals surface area (Å²) in [6.07, 6.45) is 0. The smallest absolute Gasteiger partial charge is 0.0991 e. The van der Waals surface area contributed by atoms with Crippen molar-refractivity contribution in [1.82, 2.24) is 4.98 Å². The molecule has 1 aromatic heterocycles. The molecular weight excluding hydrogens is 204 g/mol. The third-order valence-electron chi connectivity index (χ3n) is 2.05. The average Bonchev–Trinajstić information content (AvgIpc) is 2.30. The van der Waals surface area contributed by atoms with Crippen LogP contribution in [0.1, 0.15) is 5.56 Å². The van der Waals surface area contributed by atoms with Crippen LogP contribution in [0.4, 0.5) is 0 Å². The fourth-order valence-electron chi connectivity index (χ4n) is 1.30. The van der Waals surface area contributed by atoms with E-state index in [9.17, 15) is 0 Å². The second-order valence-corrected chi connectivity index (χ2v) is 3.41. The molecule has 3 heteroatoms. The van der Waals surface area contributed by atoms with E-state index < -0.39 is 0 Å². The van der Waals surface area contributed by atoms with Gasteiger partial charge in [0.2, 0.25) is 0 Å². The third kappa shape index (κ3) is 1.95. The number of hydrogen-bond donors (Lipinski definition) is 0. The van der Waals surface area contributed by atoms with Gasteiger partial charge in [-0.3, -0.25) is 4.98 Å². The molecule has 2 nitrogen and oxygen atoms in total. The highest BCUT2D eigenvalue weighted by molar-refractivity contribution is 7.58. The lowest BCUT2D eigenvalue weighted by molar-refractivity contribution is 1.12. The highest BCUT2D eigenvalue weighted by Gasteiger charge is 1.98. The molecule has 2 rings (SSSR count). The Hall–Kier alpha value is -1.92. The molecule has 72 valence electrons. The Morgan fingerprint density at radius 2 is 1.80 bits per heavy atom. The summed E-state index contributed by atoms with van der Waals surface area (Å²) < 4.78 is 0. The van der Waals surface area contributed by atoms with Crippen LogP contribution in [-0.2, 0) is 12.6 Å². The molecule has 2 aromatic rings. The summed E-state index contributed by atoms with van der Waals surface area (Å²) in [5, 5.41) is 9.08. The van der Waals surface area contributed by atoms with Crippen LogP contribution in [-0.4, -0.2) is 4.98 Å². The number of nitriles is 1. The van der Waals surface area contributed by atoms with Gasteiger partial charge in [-0.05, 0) is 12.1 Å². The fraction of sp³-hybridized carbons (Fsp3) is 0. The van der Waals surface area contributed by atoms with E-state index in [1.807, 2.05) is 42.5 Å². The molecule has 0 atom stereocenters. The Morgan fingerprint density at radius 1 is 1.07 bits per heavy atom. The molecule has 0 spiro atoms. The highest BCUT2D eigenvalue weighted by atomic mass is 32.1. The lowest BCUT2D eigenvalue weighted by atomic mass is 10.1.